The van der Waals surface area contributed by atoms with Gasteiger partial charge in [0.2, 0.25) is 18.0 Å². The van der Waals surface area contributed by atoms with Gasteiger partial charge in [-0.15, -0.1) is 0 Å². The quantitative estimate of drug-likeness (QED) is 0.189. The Morgan fingerprint density at radius 2 is 1.21 bits per heavy atom. The average Bonchev–Trinajstić information content (AvgIpc) is 2.92. The molecule has 2 saturated heterocycles. The van der Waals surface area contributed by atoms with Crippen molar-refractivity contribution in [2.24, 2.45) is 5.92 Å². The van der Waals surface area contributed by atoms with E-state index in [1.54, 1.807) is 0 Å². The molecule has 270 valence electrons. The van der Waals surface area contributed by atoms with Crippen LogP contribution in [-0.4, -0.2) is 120 Å². The second kappa shape index (κ2) is 16.6. The van der Waals surface area contributed by atoms with Crippen molar-refractivity contribution in [1.29, 1.82) is 0 Å². The summed E-state index contributed by atoms with van der Waals surface area (Å²) in [5.74, 6) is -11.2. The van der Waals surface area contributed by atoms with Crippen molar-refractivity contribution >= 4 is 47.7 Å². The van der Waals surface area contributed by atoms with Crippen molar-refractivity contribution in [2.75, 3.05) is 6.61 Å². The number of nitrogens with one attached hydrogen (secondary N) is 1. The molecule has 2 aliphatic heterocycles. The van der Waals surface area contributed by atoms with Crippen LogP contribution in [0.25, 0.3) is 0 Å². The maximum atomic E-state index is 13.0. The Bertz CT molecular complexity index is 1270. The van der Waals surface area contributed by atoms with Crippen LogP contribution in [-0.2, 0) is 81.0 Å². The molecule has 19 heteroatoms. The van der Waals surface area contributed by atoms with E-state index in [4.69, 9.17) is 42.6 Å². The molecule has 10 atom stereocenters. The molecule has 0 aromatic carbocycles. The van der Waals surface area contributed by atoms with Crippen molar-refractivity contribution in [1.82, 2.24) is 5.32 Å². The maximum absolute atomic E-state index is 13.0. The highest BCUT2D eigenvalue weighted by molar-refractivity contribution is 5.78. The number of carboxylic acid groups (broad SMARTS) is 1. The molecule has 48 heavy (non-hydrogen) atoms. The van der Waals surface area contributed by atoms with Gasteiger partial charge in [0, 0.05) is 47.5 Å². The van der Waals surface area contributed by atoms with Gasteiger partial charge < -0.3 is 53.1 Å². The summed E-state index contributed by atoms with van der Waals surface area (Å²) in [4.78, 5) is 98.4. The van der Waals surface area contributed by atoms with E-state index in [9.17, 15) is 43.5 Å². The molecular weight excluding hydrogens is 650 g/mol. The molecule has 2 heterocycles. The Balaban J connectivity index is 2.88. The summed E-state index contributed by atoms with van der Waals surface area (Å²) < 4.78 is 49.9. The highest BCUT2D eigenvalue weighted by atomic mass is 16.8. The summed E-state index contributed by atoms with van der Waals surface area (Å²) in [5.41, 5.74) is 0. The van der Waals surface area contributed by atoms with Crippen molar-refractivity contribution < 1.29 is 86.1 Å². The second-order valence-corrected chi connectivity index (χ2v) is 11.4. The first kappa shape index (κ1) is 39.8. The van der Waals surface area contributed by atoms with Crippen LogP contribution in [0.4, 0.5) is 0 Å². The fourth-order valence-corrected chi connectivity index (χ4v) is 5.04. The third-order valence-corrected chi connectivity index (χ3v) is 6.82. The number of amides is 1. The van der Waals surface area contributed by atoms with Crippen molar-refractivity contribution in [3.8, 4) is 0 Å². The number of aliphatic carboxylic acids is 1. The molecule has 0 bridgehead atoms. The number of hydrogen-bond acceptors (Lipinski definition) is 17. The predicted molar refractivity (Wildman–Crippen MR) is 152 cm³/mol. The van der Waals surface area contributed by atoms with Gasteiger partial charge in [-0.1, -0.05) is 13.8 Å². The van der Waals surface area contributed by atoms with Crippen LogP contribution in [0, 0.1) is 5.92 Å². The van der Waals surface area contributed by atoms with E-state index < -0.39 is 121 Å². The molecule has 0 saturated carbocycles. The molecule has 2 N–H and O–H groups in total. The van der Waals surface area contributed by atoms with Crippen molar-refractivity contribution in [3.63, 3.8) is 0 Å². The largest absolute Gasteiger partial charge is 0.479 e. The molecule has 2 rings (SSSR count). The van der Waals surface area contributed by atoms with E-state index in [2.05, 4.69) is 5.32 Å². The normalized spacial score (nSPS) is 31.4. The van der Waals surface area contributed by atoms with E-state index >= 15 is 0 Å². The lowest BCUT2D eigenvalue weighted by molar-refractivity contribution is -0.382. The van der Waals surface area contributed by atoms with Gasteiger partial charge in [0.1, 0.15) is 24.9 Å². The zero-order valence-electron chi connectivity index (χ0n) is 27.9. The first-order valence-electron chi connectivity index (χ1n) is 14.7. The minimum absolute atomic E-state index is 0.608. The lowest BCUT2D eigenvalue weighted by Gasteiger charge is -2.52. The highest BCUT2D eigenvalue weighted by Crippen LogP contribution is 2.40. The monoisotopic (exact) mass is 691 g/mol. The Kier molecular flexibility index (Phi) is 13.8. The van der Waals surface area contributed by atoms with E-state index in [1.807, 2.05) is 0 Å². The van der Waals surface area contributed by atoms with Crippen molar-refractivity contribution in [3.05, 3.63) is 0 Å². The molecule has 0 spiro atoms. The van der Waals surface area contributed by atoms with E-state index in [1.165, 1.54) is 13.8 Å². The standard InChI is InChI=1S/C29H41NO18/c1-11(2)26(37)30-19-21(20(41-13(4)32)18(10-40-12(3)31)46-28(19)45-17(8)36)47-29(9)25(44-16(7)35)23(43-15(6)34)22(42-14(5)33)24(48-29)27(38)39/h11,18-25,28H,10H2,1-9H3,(H,30,37)(H,38,39)/t18-,19-,20-,21-,22+,23+,24+,25-,28?,29-/m1/s1. The molecule has 0 aromatic rings. The number of carbonyl (C=O) groups is 8. The number of ether oxygens (including phenoxy) is 9. The van der Waals surface area contributed by atoms with Crippen molar-refractivity contribution in [2.45, 2.75) is 123 Å². The minimum atomic E-state index is -2.50. The van der Waals surface area contributed by atoms with Gasteiger partial charge in [-0.05, 0) is 6.92 Å². The summed E-state index contributed by atoms with van der Waals surface area (Å²) in [6.45, 7) is 9.51. The number of carboxylic acids is 1. The van der Waals surface area contributed by atoms with Crippen LogP contribution in [0.1, 0.15) is 62.3 Å². The van der Waals surface area contributed by atoms with E-state index in [0.717, 1.165) is 48.5 Å². The summed E-state index contributed by atoms with van der Waals surface area (Å²) in [5, 5.41) is 12.7. The first-order valence-corrected chi connectivity index (χ1v) is 14.7. The lowest BCUT2D eigenvalue weighted by Crippen LogP contribution is -2.73. The van der Waals surface area contributed by atoms with Crippen LogP contribution in [0.2, 0.25) is 0 Å². The van der Waals surface area contributed by atoms with Crippen LogP contribution < -0.4 is 5.32 Å². The summed E-state index contributed by atoms with van der Waals surface area (Å²) in [6.07, 6.45) is -14.3. The maximum Gasteiger partial charge on any atom is 0.337 e. The van der Waals surface area contributed by atoms with E-state index in [0.29, 0.717) is 0 Å². The molecule has 2 fully saturated rings. The molecule has 1 amide bonds. The fourth-order valence-electron chi connectivity index (χ4n) is 5.04. The van der Waals surface area contributed by atoms with Crippen LogP contribution in [0.3, 0.4) is 0 Å². The van der Waals surface area contributed by atoms with Gasteiger partial charge in [0.05, 0.1) is 0 Å². The van der Waals surface area contributed by atoms with Gasteiger partial charge in [-0.25, -0.2) is 4.79 Å². The zero-order chi connectivity index (χ0) is 36.7. The SMILES string of the molecule is CC(=O)OC[C@H]1OC(OC(C)=O)[C@H](NC(=O)C(C)C)[C@@H](O[C@]2(C)O[C@H](C(=O)O)[C@@H](OC(C)=O)[C@H](OC(C)=O)[C@H]2OC(C)=O)[C@@H]1OC(C)=O. The van der Waals surface area contributed by atoms with Crippen LogP contribution >= 0.6 is 0 Å². The Hall–Kier alpha value is -4.36. The molecule has 0 radical (unpaired) electrons. The van der Waals surface area contributed by atoms with Gasteiger partial charge in [0.15, 0.2) is 30.5 Å². The third-order valence-electron chi connectivity index (χ3n) is 6.82. The Labute approximate surface area is 275 Å². The fraction of sp³-hybridized carbons (Fsp3) is 0.724. The number of esters is 6. The van der Waals surface area contributed by atoms with Gasteiger partial charge in [0.25, 0.3) is 0 Å². The van der Waals surface area contributed by atoms with E-state index in [-0.39, 0.29) is 0 Å². The molecular formula is C29H41NO18. The summed E-state index contributed by atoms with van der Waals surface area (Å²) in [7, 11) is 0. The first-order chi connectivity index (χ1) is 22.2. The molecule has 19 nitrogen and oxygen atoms in total. The van der Waals surface area contributed by atoms with Crippen LogP contribution in [0.15, 0.2) is 0 Å². The molecule has 0 aromatic heterocycles. The average molecular weight is 692 g/mol. The zero-order valence-corrected chi connectivity index (χ0v) is 27.9. The molecule has 2 aliphatic rings. The Morgan fingerprint density at radius 3 is 1.67 bits per heavy atom. The second-order valence-electron chi connectivity index (χ2n) is 11.4. The minimum Gasteiger partial charge on any atom is -0.479 e. The highest BCUT2D eigenvalue weighted by Gasteiger charge is 2.63. The third kappa shape index (κ3) is 10.6. The number of rotatable bonds is 12. The van der Waals surface area contributed by atoms with Gasteiger partial charge in [-0.3, -0.25) is 33.6 Å². The number of hydrogen-bond donors (Lipinski definition) is 2. The molecule has 0 aliphatic carbocycles. The smallest absolute Gasteiger partial charge is 0.337 e. The summed E-state index contributed by atoms with van der Waals surface area (Å²) in [6, 6.07) is -1.57. The Morgan fingerprint density at radius 1 is 0.708 bits per heavy atom. The van der Waals surface area contributed by atoms with Gasteiger partial charge >= 0.3 is 41.8 Å². The topological polar surface area (TPSA) is 252 Å². The predicted octanol–water partition coefficient (Wildman–Crippen LogP) is -0.710. The molecule has 1 unspecified atom stereocenters. The number of carbonyl (C=O) groups excluding carboxylic acids is 7. The van der Waals surface area contributed by atoms with Crippen LogP contribution in [0.5, 0.6) is 0 Å². The lowest BCUT2D eigenvalue weighted by atomic mass is 9.90. The summed E-state index contributed by atoms with van der Waals surface area (Å²) >= 11 is 0. The van der Waals surface area contributed by atoms with Gasteiger partial charge in [-0.2, -0.15) is 0 Å².